The number of rotatable bonds is 5. The maximum atomic E-state index is 14.4. The molecule has 0 aliphatic carbocycles. The second-order valence-corrected chi connectivity index (χ2v) is 7.77. The molecule has 2 aromatic carbocycles. The van der Waals surface area contributed by atoms with Crippen molar-refractivity contribution >= 4 is 13.2 Å². The fourth-order valence-corrected chi connectivity index (χ4v) is 4.86. The summed E-state index contributed by atoms with van der Waals surface area (Å²) in [5.41, 5.74) is -1.35. The molecule has 0 fully saturated rings. The Bertz CT molecular complexity index is 759. The van der Waals surface area contributed by atoms with Gasteiger partial charge >= 0.3 is 0 Å². The molecule has 0 N–H and O–H groups in total. The van der Waals surface area contributed by atoms with Gasteiger partial charge < -0.3 is 0 Å². The smallest absolute Gasteiger partial charge is 0.198 e. The molecule has 130 valence electrons. The van der Waals surface area contributed by atoms with Gasteiger partial charge in [0, 0.05) is 16.4 Å². The fourth-order valence-electron chi connectivity index (χ4n) is 2.56. The molecule has 0 aromatic heterocycles. The summed E-state index contributed by atoms with van der Waals surface area (Å²) < 4.78 is 83.8. The SMILES string of the molecule is CCCP(CC)c1c(F)c(F)c(F)c(F)c1-c1cccc(F)c1F. The molecule has 7 heteroatoms. The fraction of sp³-hybridized carbons (Fsp3) is 0.294. The van der Waals surface area contributed by atoms with E-state index in [0.29, 0.717) is 18.7 Å². The summed E-state index contributed by atoms with van der Waals surface area (Å²) in [5.74, 6) is -9.90. The highest BCUT2D eigenvalue weighted by Gasteiger charge is 2.31. The molecule has 1 atom stereocenters. The Kier molecular flexibility index (Phi) is 5.92. The summed E-state index contributed by atoms with van der Waals surface area (Å²) in [6.07, 6.45) is 1.40. The Morgan fingerprint density at radius 1 is 0.792 bits per heavy atom. The minimum atomic E-state index is -2.03. The lowest BCUT2D eigenvalue weighted by atomic mass is 10.0. The Morgan fingerprint density at radius 2 is 1.42 bits per heavy atom. The number of hydrogen-bond donors (Lipinski definition) is 0. The van der Waals surface area contributed by atoms with Crippen LogP contribution in [0.25, 0.3) is 11.1 Å². The molecule has 2 rings (SSSR count). The summed E-state index contributed by atoms with van der Waals surface area (Å²) in [4.78, 5) is 0. The van der Waals surface area contributed by atoms with Crippen LogP contribution in [0.15, 0.2) is 18.2 Å². The predicted octanol–water partition coefficient (Wildman–Crippen LogP) is 5.73. The maximum Gasteiger partial charge on any atom is 0.198 e. The lowest BCUT2D eigenvalue weighted by Gasteiger charge is -2.22. The third kappa shape index (κ3) is 3.16. The molecule has 0 amide bonds. The van der Waals surface area contributed by atoms with Crippen molar-refractivity contribution in [3.05, 3.63) is 53.1 Å². The van der Waals surface area contributed by atoms with Crippen LogP contribution < -0.4 is 5.30 Å². The molecule has 0 heterocycles. The lowest BCUT2D eigenvalue weighted by Crippen LogP contribution is -2.20. The second-order valence-electron chi connectivity index (χ2n) is 5.16. The van der Waals surface area contributed by atoms with E-state index in [1.54, 1.807) is 6.92 Å². The summed E-state index contributed by atoms with van der Waals surface area (Å²) in [5, 5.41) is -0.393. The van der Waals surface area contributed by atoms with Crippen LogP contribution in [0.5, 0.6) is 0 Å². The summed E-state index contributed by atoms with van der Waals surface area (Å²) in [6.45, 7) is 3.51. The van der Waals surface area contributed by atoms with Crippen molar-refractivity contribution in [1.29, 1.82) is 0 Å². The van der Waals surface area contributed by atoms with Crippen LogP contribution in [0, 0.1) is 34.9 Å². The predicted molar refractivity (Wildman–Crippen MR) is 83.9 cm³/mol. The molecule has 0 aliphatic rings. The molecule has 2 aromatic rings. The average Bonchev–Trinajstić information content (AvgIpc) is 2.57. The minimum Gasteiger partial charge on any atom is -0.204 e. The number of halogens is 6. The topological polar surface area (TPSA) is 0 Å². The first-order valence-electron chi connectivity index (χ1n) is 7.40. The normalized spacial score (nSPS) is 12.5. The minimum absolute atomic E-state index is 0.370. The lowest BCUT2D eigenvalue weighted by molar-refractivity contribution is 0.413. The third-order valence-corrected chi connectivity index (χ3v) is 6.46. The van der Waals surface area contributed by atoms with Gasteiger partial charge in [0.15, 0.2) is 34.9 Å². The Morgan fingerprint density at radius 3 is 2.00 bits per heavy atom. The molecule has 0 spiro atoms. The van der Waals surface area contributed by atoms with E-state index in [-0.39, 0.29) is 0 Å². The Hall–Kier alpha value is -1.55. The third-order valence-electron chi connectivity index (χ3n) is 3.65. The van der Waals surface area contributed by atoms with E-state index in [1.165, 1.54) is 0 Å². The largest absolute Gasteiger partial charge is 0.204 e. The van der Waals surface area contributed by atoms with Gasteiger partial charge in [0.25, 0.3) is 0 Å². The van der Waals surface area contributed by atoms with E-state index < -0.39 is 59.3 Å². The summed E-state index contributed by atoms with van der Waals surface area (Å²) >= 11 is 0. The zero-order valence-corrected chi connectivity index (χ0v) is 14.0. The molecule has 0 bridgehead atoms. The van der Waals surface area contributed by atoms with Gasteiger partial charge in [-0.25, -0.2) is 26.3 Å². The van der Waals surface area contributed by atoms with E-state index in [9.17, 15) is 26.3 Å². The molecule has 0 saturated heterocycles. The van der Waals surface area contributed by atoms with Gasteiger partial charge in [-0.1, -0.05) is 40.3 Å². The standard InChI is InChI=1S/C17H15F6P/c1-3-8-24(4-2)17-11(9-6-5-7-10(18)12(9)19)13(20)14(21)15(22)16(17)23/h5-7H,3-4,8H2,1-2H3. The maximum absolute atomic E-state index is 14.4. The first kappa shape index (κ1) is 18.8. The summed E-state index contributed by atoms with van der Waals surface area (Å²) in [7, 11) is -1.40. The van der Waals surface area contributed by atoms with Crippen LogP contribution >= 0.6 is 7.92 Å². The first-order chi connectivity index (χ1) is 11.3. The molecule has 1 unspecified atom stereocenters. The van der Waals surface area contributed by atoms with E-state index in [0.717, 1.165) is 18.2 Å². The van der Waals surface area contributed by atoms with Crippen LogP contribution in [0.3, 0.4) is 0 Å². The Labute approximate surface area is 137 Å². The van der Waals surface area contributed by atoms with E-state index in [2.05, 4.69) is 0 Å². The van der Waals surface area contributed by atoms with Crippen LogP contribution in [0.2, 0.25) is 0 Å². The van der Waals surface area contributed by atoms with Crippen molar-refractivity contribution < 1.29 is 26.3 Å². The Balaban J connectivity index is 2.90. The highest BCUT2D eigenvalue weighted by atomic mass is 31.1. The molecule has 0 nitrogen and oxygen atoms in total. The molecular formula is C17H15F6P. The molecule has 0 aliphatic heterocycles. The molecular weight excluding hydrogens is 349 g/mol. The van der Waals surface area contributed by atoms with Crippen LogP contribution in [0.4, 0.5) is 26.3 Å². The van der Waals surface area contributed by atoms with Gasteiger partial charge in [-0.3, -0.25) is 0 Å². The van der Waals surface area contributed by atoms with E-state index >= 15 is 0 Å². The summed E-state index contributed by atoms with van der Waals surface area (Å²) in [6, 6.07) is 2.93. The molecule has 24 heavy (non-hydrogen) atoms. The van der Waals surface area contributed by atoms with Gasteiger partial charge in [0.05, 0.1) is 0 Å². The van der Waals surface area contributed by atoms with Gasteiger partial charge in [0.2, 0.25) is 0 Å². The van der Waals surface area contributed by atoms with Crippen molar-refractivity contribution in [3.8, 4) is 11.1 Å². The monoisotopic (exact) mass is 364 g/mol. The van der Waals surface area contributed by atoms with Gasteiger partial charge in [-0.15, -0.1) is 0 Å². The van der Waals surface area contributed by atoms with Crippen LogP contribution in [0.1, 0.15) is 20.3 Å². The van der Waals surface area contributed by atoms with Crippen molar-refractivity contribution in [2.24, 2.45) is 0 Å². The van der Waals surface area contributed by atoms with E-state index in [4.69, 9.17) is 0 Å². The van der Waals surface area contributed by atoms with Crippen LogP contribution in [-0.2, 0) is 0 Å². The van der Waals surface area contributed by atoms with Gasteiger partial charge in [-0.2, -0.15) is 0 Å². The van der Waals surface area contributed by atoms with Crippen molar-refractivity contribution in [3.63, 3.8) is 0 Å². The van der Waals surface area contributed by atoms with Crippen molar-refractivity contribution in [2.75, 3.05) is 12.3 Å². The van der Waals surface area contributed by atoms with Gasteiger partial charge in [-0.05, 0) is 18.4 Å². The first-order valence-corrected chi connectivity index (χ1v) is 9.11. The van der Waals surface area contributed by atoms with Gasteiger partial charge in [0.1, 0.15) is 0 Å². The highest BCUT2D eigenvalue weighted by Crippen LogP contribution is 2.42. The van der Waals surface area contributed by atoms with Crippen molar-refractivity contribution in [1.82, 2.24) is 0 Å². The van der Waals surface area contributed by atoms with E-state index in [1.807, 2.05) is 6.92 Å². The molecule has 0 saturated carbocycles. The second kappa shape index (κ2) is 7.56. The zero-order valence-electron chi connectivity index (χ0n) is 13.1. The number of benzene rings is 2. The number of hydrogen-bond acceptors (Lipinski definition) is 0. The average molecular weight is 364 g/mol. The highest BCUT2D eigenvalue weighted by molar-refractivity contribution is 7.65. The van der Waals surface area contributed by atoms with Crippen LogP contribution in [-0.4, -0.2) is 12.3 Å². The molecule has 0 radical (unpaired) electrons. The van der Waals surface area contributed by atoms with Crippen molar-refractivity contribution in [2.45, 2.75) is 20.3 Å². The zero-order chi connectivity index (χ0) is 18.0. The quantitative estimate of drug-likeness (QED) is 0.275.